The number of aromatic amines is 1. The van der Waals surface area contributed by atoms with Gasteiger partial charge in [-0.1, -0.05) is 161 Å². The summed E-state index contributed by atoms with van der Waals surface area (Å²) in [5.74, 6) is 0.491. The summed E-state index contributed by atoms with van der Waals surface area (Å²) in [4.78, 5) is 3.68. The van der Waals surface area contributed by atoms with E-state index in [0.717, 1.165) is 81.3 Å². The lowest BCUT2D eigenvalue weighted by Crippen LogP contribution is -2.24. The molecule has 0 spiro atoms. The fourth-order valence-electron chi connectivity index (χ4n) is 10.4. The van der Waals surface area contributed by atoms with E-state index < -0.39 is 0 Å². The van der Waals surface area contributed by atoms with Crippen molar-refractivity contribution in [2.45, 2.75) is 60.3 Å². The number of H-pyrrole nitrogens is 1. The lowest BCUT2D eigenvalue weighted by atomic mass is 9.72. The van der Waals surface area contributed by atoms with Crippen LogP contribution in [0.15, 0.2) is 184 Å². The van der Waals surface area contributed by atoms with E-state index in [0.29, 0.717) is 5.92 Å². The van der Waals surface area contributed by atoms with Gasteiger partial charge in [0.2, 0.25) is 0 Å². The van der Waals surface area contributed by atoms with E-state index in [9.17, 15) is 0 Å². The van der Waals surface area contributed by atoms with Gasteiger partial charge in [-0.15, -0.1) is 0 Å². The molecule has 6 aromatic carbocycles. The first-order chi connectivity index (χ1) is 30.3. The number of nitrogens with one attached hydrogen (secondary N) is 2. The minimum absolute atomic E-state index is 0.0415. The van der Waals surface area contributed by atoms with Crippen LogP contribution in [0.3, 0.4) is 0 Å². The molecule has 2 N–H and O–H groups in total. The summed E-state index contributed by atoms with van der Waals surface area (Å²) in [6.07, 6.45) is 15.8. The Bertz CT molecular complexity index is 3240. The van der Waals surface area contributed by atoms with Crippen LogP contribution in [0.4, 0.5) is 11.4 Å². The first-order valence-corrected chi connectivity index (χ1v) is 22.4. The molecule has 3 nitrogen and oxygen atoms in total. The van der Waals surface area contributed by atoms with E-state index in [4.69, 9.17) is 4.42 Å². The van der Waals surface area contributed by atoms with Crippen molar-refractivity contribution in [1.29, 1.82) is 0 Å². The Morgan fingerprint density at radius 2 is 1.45 bits per heavy atom. The first kappa shape index (κ1) is 39.3. The molecule has 0 fully saturated rings. The molecule has 0 bridgehead atoms. The average molecular weight is 807 g/mol. The van der Waals surface area contributed by atoms with Crippen LogP contribution in [0, 0.1) is 11.3 Å². The van der Waals surface area contributed by atoms with Crippen LogP contribution in [0.5, 0.6) is 0 Å². The number of rotatable bonds is 7. The second-order valence-corrected chi connectivity index (χ2v) is 17.6. The highest BCUT2D eigenvalue weighted by atomic mass is 16.3. The minimum Gasteiger partial charge on any atom is -0.456 e. The van der Waals surface area contributed by atoms with Gasteiger partial charge in [-0.2, -0.15) is 0 Å². The minimum atomic E-state index is -0.0415. The summed E-state index contributed by atoms with van der Waals surface area (Å²) >= 11 is 0. The molecule has 1 atom stereocenters. The van der Waals surface area contributed by atoms with E-state index in [-0.39, 0.29) is 5.41 Å². The van der Waals surface area contributed by atoms with Crippen molar-refractivity contribution < 1.29 is 4.42 Å². The maximum atomic E-state index is 6.69. The number of allylic oxidation sites excluding steroid dienone is 8. The number of hydrogen-bond donors (Lipinski definition) is 2. The third-order valence-corrected chi connectivity index (χ3v) is 13.2. The molecule has 62 heavy (non-hydrogen) atoms. The molecule has 2 aromatic heterocycles. The molecular weight excluding hydrogens is 753 g/mol. The molecule has 11 rings (SSSR count). The van der Waals surface area contributed by atoms with Gasteiger partial charge in [0.1, 0.15) is 11.0 Å². The topological polar surface area (TPSA) is 41.0 Å². The molecule has 0 amide bonds. The summed E-state index contributed by atoms with van der Waals surface area (Å²) in [5, 5.41) is 8.86. The molecule has 3 aliphatic carbocycles. The van der Waals surface area contributed by atoms with Gasteiger partial charge in [0, 0.05) is 60.3 Å². The summed E-state index contributed by atoms with van der Waals surface area (Å²) in [7, 11) is 0. The highest BCUT2D eigenvalue weighted by Gasteiger charge is 2.41. The maximum Gasteiger partial charge on any atom is 0.143 e. The summed E-state index contributed by atoms with van der Waals surface area (Å²) in [6.45, 7) is 11.6. The van der Waals surface area contributed by atoms with Crippen molar-refractivity contribution in [2.24, 2.45) is 11.3 Å². The fourth-order valence-corrected chi connectivity index (χ4v) is 10.4. The van der Waals surface area contributed by atoms with Gasteiger partial charge in [0.15, 0.2) is 0 Å². The normalized spacial score (nSPS) is 16.8. The van der Waals surface area contributed by atoms with Crippen LogP contribution in [0.2, 0.25) is 0 Å². The largest absolute Gasteiger partial charge is 0.456 e. The van der Waals surface area contributed by atoms with Crippen molar-refractivity contribution in [2.75, 3.05) is 5.32 Å². The quantitative estimate of drug-likeness (QED) is 0.168. The third-order valence-electron chi connectivity index (χ3n) is 13.2. The Hall–Kier alpha value is -6.84. The SMILES string of the molecule is C/C=C\C1=C(CC)C(C)(C)C2=C1CCC=C2c1ccccc1Nc1cc(-c2ccc3c(c2)[nH]c2ccccc23)cc(-c2cccc3c4c(oc23)=CCC(C)C=4)c1.c1ccccc1. The Morgan fingerprint density at radius 1 is 0.726 bits per heavy atom. The van der Waals surface area contributed by atoms with Gasteiger partial charge < -0.3 is 14.7 Å². The molecule has 306 valence electrons. The van der Waals surface area contributed by atoms with E-state index in [1.165, 1.54) is 49.2 Å². The molecule has 0 aliphatic heterocycles. The third kappa shape index (κ3) is 6.96. The van der Waals surface area contributed by atoms with E-state index in [2.05, 4.69) is 178 Å². The number of fused-ring (bicyclic) bond motifs is 6. The highest BCUT2D eigenvalue weighted by molar-refractivity contribution is 6.08. The van der Waals surface area contributed by atoms with Crippen LogP contribution in [-0.2, 0) is 0 Å². The van der Waals surface area contributed by atoms with Crippen molar-refractivity contribution >= 4 is 61.9 Å². The molecule has 2 heterocycles. The Morgan fingerprint density at radius 3 is 2.26 bits per heavy atom. The van der Waals surface area contributed by atoms with E-state index in [1.54, 1.807) is 5.57 Å². The van der Waals surface area contributed by atoms with Crippen molar-refractivity contribution in [1.82, 2.24) is 4.98 Å². The van der Waals surface area contributed by atoms with Gasteiger partial charge >= 0.3 is 0 Å². The van der Waals surface area contributed by atoms with Crippen molar-refractivity contribution in [3.63, 3.8) is 0 Å². The molecule has 0 saturated carbocycles. The lowest BCUT2D eigenvalue weighted by Gasteiger charge is -2.31. The summed E-state index contributed by atoms with van der Waals surface area (Å²) in [6, 6.07) is 49.8. The highest BCUT2D eigenvalue weighted by Crippen LogP contribution is 2.57. The number of para-hydroxylation sites is 3. The van der Waals surface area contributed by atoms with Gasteiger partial charge in [0.25, 0.3) is 0 Å². The zero-order valence-corrected chi connectivity index (χ0v) is 36.5. The number of benzene rings is 6. The Balaban J connectivity index is 0.000000706. The summed E-state index contributed by atoms with van der Waals surface area (Å²) in [5.41, 5.74) is 19.5. The predicted molar refractivity (Wildman–Crippen MR) is 265 cm³/mol. The maximum absolute atomic E-state index is 6.69. The first-order valence-electron chi connectivity index (χ1n) is 22.4. The lowest BCUT2D eigenvalue weighted by molar-refractivity contribution is 0.544. The number of anilines is 2. The standard InChI is InChI=1S/C53H48N2O.C6H6/c1-6-14-38-42-18-13-19-43(51(42)53(4,5)46(38)7-2)40-16-9-10-21-47(40)54-36-29-34(33-24-25-41-39-15-8-11-22-48(39)55-49(41)31-33)28-35(30-36)37-17-12-20-44-45-27-32(3)23-26-50(45)56-52(37)44;1-2-4-6-5-3-1/h6,8-12,14-17,19-22,24-32,54-55H,7,13,18,23H2,1-5H3;1-6H/b14-6-;. The van der Waals surface area contributed by atoms with Crippen molar-refractivity contribution in [3.8, 4) is 22.3 Å². The molecule has 8 aromatic rings. The zero-order chi connectivity index (χ0) is 42.4. The van der Waals surface area contributed by atoms with Crippen molar-refractivity contribution in [3.05, 3.63) is 196 Å². The molecule has 1 unspecified atom stereocenters. The smallest absolute Gasteiger partial charge is 0.143 e. The molecule has 0 radical (unpaired) electrons. The molecule has 3 heteroatoms. The van der Waals surface area contributed by atoms with Gasteiger partial charge in [-0.25, -0.2) is 0 Å². The van der Waals surface area contributed by atoms with Gasteiger partial charge in [0.05, 0.1) is 0 Å². The fraction of sp³-hybridized carbons (Fsp3) is 0.186. The predicted octanol–water partition coefficient (Wildman–Crippen LogP) is 15.2. The van der Waals surface area contributed by atoms with Gasteiger partial charge in [-0.3, -0.25) is 0 Å². The molecular formula is C59H54N2O. The van der Waals surface area contributed by atoms with Gasteiger partial charge in [-0.05, 0) is 120 Å². The molecule has 3 aliphatic rings. The Kier molecular flexibility index (Phi) is 10.3. The monoisotopic (exact) mass is 806 g/mol. The van der Waals surface area contributed by atoms with Crippen LogP contribution >= 0.6 is 0 Å². The molecule has 0 saturated heterocycles. The van der Waals surface area contributed by atoms with Crippen LogP contribution < -0.4 is 16.0 Å². The van der Waals surface area contributed by atoms with Crippen LogP contribution in [0.1, 0.15) is 65.9 Å². The second-order valence-electron chi connectivity index (χ2n) is 17.6. The number of hydrogen-bond acceptors (Lipinski definition) is 2. The summed E-state index contributed by atoms with van der Waals surface area (Å²) < 4.78 is 6.69. The number of aromatic nitrogens is 1. The Labute approximate surface area is 365 Å². The van der Waals surface area contributed by atoms with E-state index >= 15 is 0 Å². The van der Waals surface area contributed by atoms with Crippen LogP contribution in [-0.4, -0.2) is 4.98 Å². The average Bonchev–Trinajstić information content (AvgIpc) is 3.94. The zero-order valence-electron chi connectivity index (χ0n) is 36.5. The van der Waals surface area contributed by atoms with E-state index in [1.807, 2.05) is 36.4 Å². The van der Waals surface area contributed by atoms with Crippen LogP contribution in [0.25, 0.3) is 72.8 Å². The number of furan rings is 1. The second kappa shape index (κ2) is 16.2.